The molecular weight excluding hydrogens is 190 g/mol. The normalized spacial score (nSPS) is 26.0. The zero-order valence-corrected chi connectivity index (χ0v) is 9.66. The number of aliphatic hydroxyl groups is 1. The number of rotatable bonds is 8. The van der Waals surface area contributed by atoms with E-state index in [0.29, 0.717) is 18.4 Å². The van der Waals surface area contributed by atoms with Crippen molar-refractivity contribution in [2.24, 2.45) is 17.6 Å². The fourth-order valence-corrected chi connectivity index (χ4v) is 2.37. The minimum atomic E-state index is 0.303. The van der Waals surface area contributed by atoms with Crippen molar-refractivity contribution in [2.45, 2.75) is 38.5 Å². The van der Waals surface area contributed by atoms with E-state index in [1.165, 1.54) is 19.3 Å². The lowest BCUT2D eigenvalue weighted by molar-refractivity contribution is 0.0833. The molecule has 0 saturated heterocycles. The number of ether oxygens (including phenoxy) is 1. The molecule has 1 fully saturated rings. The largest absolute Gasteiger partial charge is 0.396 e. The molecular formula is C12H25NO2. The van der Waals surface area contributed by atoms with Crippen molar-refractivity contribution < 1.29 is 9.84 Å². The molecule has 1 aliphatic rings. The van der Waals surface area contributed by atoms with Crippen LogP contribution in [0.25, 0.3) is 0 Å². The van der Waals surface area contributed by atoms with Gasteiger partial charge in [-0.15, -0.1) is 0 Å². The number of unbranched alkanes of at least 4 members (excludes halogenated alkanes) is 2. The molecule has 3 heteroatoms. The van der Waals surface area contributed by atoms with Crippen molar-refractivity contribution in [3.8, 4) is 0 Å². The van der Waals surface area contributed by atoms with Crippen LogP contribution in [0.15, 0.2) is 0 Å². The Morgan fingerprint density at radius 3 is 2.67 bits per heavy atom. The molecule has 0 radical (unpaired) electrons. The van der Waals surface area contributed by atoms with Crippen LogP contribution in [0.2, 0.25) is 0 Å². The first-order valence-electron chi connectivity index (χ1n) is 6.27. The lowest BCUT2D eigenvalue weighted by atomic mass is 9.97. The van der Waals surface area contributed by atoms with Gasteiger partial charge < -0.3 is 15.6 Å². The van der Waals surface area contributed by atoms with Crippen LogP contribution in [0.5, 0.6) is 0 Å². The van der Waals surface area contributed by atoms with Gasteiger partial charge in [-0.3, -0.25) is 0 Å². The summed E-state index contributed by atoms with van der Waals surface area (Å²) in [4.78, 5) is 0. The Labute approximate surface area is 93.0 Å². The van der Waals surface area contributed by atoms with Gasteiger partial charge in [0.2, 0.25) is 0 Å². The Morgan fingerprint density at radius 1 is 1.13 bits per heavy atom. The summed E-state index contributed by atoms with van der Waals surface area (Å²) in [5.41, 5.74) is 5.71. The molecule has 2 unspecified atom stereocenters. The second kappa shape index (κ2) is 8.08. The van der Waals surface area contributed by atoms with E-state index in [-0.39, 0.29) is 0 Å². The smallest absolute Gasteiger partial charge is 0.0497 e. The Hall–Kier alpha value is -0.120. The van der Waals surface area contributed by atoms with Crippen LogP contribution in [-0.4, -0.2) is 31.5 Å². The summed E-state index contributed by atoms with van der Waals surface area (Å²) in [7, 11) is 0. The van der Waals surface area contributed by atoms with Gasteiger partial charge in [0.05, 0.1) is 0 Å². The highest BCUT2D eigenvalue weighted by atomic mass is 16.5. The van der Waals surface area contributed by atoms with Crippen molar-refractivity contribution in [1.82, 2.24) is 0 Å². The van der Waals surface area contributed by atoms with Gasteiger partial charge in [-0.25, -0.2) is 0 Å². The Balaban J connectivity index is 1.95. The van der Waals surface area contributed by atoms with E-state index in [1.807, 2.05) is 0 Å². The predicted molar refractivity (Wildman–Crippen MR) is 61.6 cm³/mol. The average Bonchev–Trinajstić information content (AvgIpc) is 2.70. The third-order valence-corrected chi connectivity index (χ3v) is 3.40. The summed E-state index contributed by atoms with van der Waals surface area (Å²) in [6.07, 6.45) is 6.94. The van der Waals surface area contributed by atoms with E-state index in [2.05, 4.69) is 0 Å². The third kappa shape index (κ3) is 4.96. The van der Waals surface area contributed by atoms with Crippen molar-refractivity contribution in [3.05, 3.63) is 0 Å². The fraction of sp³-hybridized carbons (Fsp3) is 1.00. The van der Waals surface area contributed by atoms with E-state index in [4.69, 9.17) is 15.6 Å². The highest BCUT2D eigenvalue weighted by Gasteiger charge is 2.25. The van der Waals surface area contributed by atoms with Gasteiger partial charge in [-0.05, 0) is 50.5 Å². The Kier molecular flexibility index (Phi) is 6.98. The summed E-state index contributed by atoms with van der Waals surface area (Å²) >= 11 is 0. The Bertz CT molecular complexity index is 153. The van der Waals surface area contributed by atoms with Crippen LogP contribution in [0, 0.1) is 11.8 Å². The molecule has 0 bridgehead atoms. The maximum atomic E-state index is 8.61. The number of hydrogen-bond donors (Lipinski definition) is 2. The van der Waals surface area contributed by atoms with Gasteiger partial charge in [0.25, 0.3) is 0 Å². The van der Waals surface area contributed by atoms with Gasteiger partial charge in [0.1, 0.15) is 0 Å². The zero-order valence-electron chi connectivity index (χ0n) is 9.66. The molecule has 0 aromatic heterocycles. The zero-order chi connectivity index (χ0) is 10.9. The third-order valence-electron chi connectivity index (χ3n) is 3.40. The Morgan fingerprint density at radius 2 is 1.93 bits per heavy atom. The number of hydrogen-bond acceptors (Lipinski definition) is 3. The van der Waals surface area contributed by atoms with Gasteiger partial charge in [0, 0.05) is 19.8 Å². The SMILES string of the molecule is NCC1CCCC1COCCCCCO. The standard InChI is InChI=1S/C12H25NO2/c13-9-11-5-4-6-12(11)10-15-8-3-1-2-7-14/h11-12,14H,1-10,13H2. The summed E-state index contributed by atoms with van der Waals surface area (Å²) in [6, 6.07) is 0. The molecule has 90 valence electrons. The van der Waals surface area contributed by atoms with Crippen molar-refractivity contribution in [1.29, 1.82) is 0 Å². The van der Waals surface area contributed by atoms with Crippen LogP contribution in [0.1, 0.15) is 38.5 Å². The quantitative estimate of drug-likeness (QED) is 0.604. The van der Waals surface area contributed by atoms with E-state index in [1.54, 1.807) is 0 Å². The summed E-state index contributed by atoms with van der Waals surface area (Å²) < 4.78 is 5.66. The van der Waals surface area contributed by atoms with E-state index in [9.17, 15) is 0 Å². The molecule has 1 aliphatic carbocycles. The fourth-order valence-electron chi connectivity index (χ4n) is 2.37. The molecule has 0 aromatic carbocycles. The summed E-state index contributed by atoms with van der Waals surface area (Å²) in [6.45, 7) is 2.85. The minimum Gasteiger partial charge on any atom is -0.396 e. The second-order valence-corrected chi connectivity index (χ2v) is 4.55. The maximum Gasteiger partial charge on any atom is 0.0497 e. The van der Waals surface area contributed by atoms with Crippen LogP contribution < -0.4 is 5.73 Å². The lowest BCUT2D eigenvalue weighted by Crippen LogP contribution is -2.22. The topological polar surface area (TPSA) is 55.5 Å². The molecule has 3 nitrogen and oxygen atoms in total. The highest BCUT2D eigenvalue weighted by molar-refractivity contribution is 4.77. The first-order chi connectivity index (χ1) is 7.38. The minimum absolute atomic E-state index is 0.303. The maximum absolute atomic E-state index is 8.61. The summed E-state index contributed by atoms with van der Waals surface area (Å²) in [5, 5.41) is 8.61. The first-order valence-corrected chi connectivity index (χ1v) is 6.27. The summed E-state index contributed by atoms with van der Waals surface area (Å²) in [5.74, 6) is 1.40. The van der Waals surface area contributed by atoms with Gasteiger partial charge in [0.15, 0.2) is 0 Å². The monoisotopic (exact) mass is 215 g/mol. The van der Waals surface area contributed by atoms with Crippen LogP contribution in [-0.2, 0) is 4.74 Å². The van der Waals surface area contributed by atoms with E-state index >= 15 is 0 Å². The second-order valence-electron chi connectivity index (χ2n) is 4.55. The highest BCUT2D eigenvalue weighted by Crippen LogP contribution is 2.30. The molecule has 0 spiro atoms. The predicted octanol–water partition coefficient (Wildman–Crippen LogP) is 1.54. The lowest BCUT2D eigenvalue weighted by Gasteiger charge is -2.17. The molecule has 0 aliphatic heterocycles. The van der Waals surface area contributed by atoms with Gasteiger partial charge in [-0.1, -0.05) is 6.42 Å². The van der Waals surface area contributed by atoms with Gasteiger partial charge in [-0.2, -0.15) is 0 Å². The number of nitrogens with two attached hydrogens (primary N) is 1. The van der Waals surface area contributed by atoms with Crippen LogP contribution in [0.4, 0.5) is 0 Å². The molecule has 0 amide bonds. The molecule has 2 atom stereocenters. The average molecular weight is 215 g/mol. The molecule has 0 heterocycles. The van der Waals surface area contributed by atoms with Crippen LogP contribution in [0.3, 0.4) is 0 Å². The van der Waals surface area contributed by atoms with Crippen molar-refractivity contribution in [2.75, 3.05) is 26.4 Å². The van der Waals surface area contributed by atoms with E-state index in [0.717, 1.165) is 39.0 Å². The molecule has 3 N–H and O–H groups in total. The van der Waals surface area contributed by atoms with Crippen LogP contribution >= 0.6 is 0 Å². The van der Waals surface area contributed by atoms with Gasteiger partial charge >= 0.3 is 0 Å². The van der Waals surface area contributed by atoms with Crippen molar-refractivity contribution >= 4 is 0 Å². The van der Waals surface area contributed by atoms with E-state index < -0.39 is 0 Å². The molecule has 1 saturated carbocycles. The molecule has 15 heavy (non-hydrogen) atoms. The van der Waals surface area contributed by atoms with Crippen molar-refractivity contribution in [3.63, 3.8) is 0 Å². The molecule has 0 aromatic rings. The number of aliphatic hydroxyl groups excluding tert-OH is 1. The first kappa shape index (κ1) is 12.9. The molecule has 1 rings (SSSR count).